The van der Waals surface area contributed by atoms with Crippen molar-refractivity contribution in [3.05, 3.63) is 0 Å². The third kappa shape index (κ3) is 5.50. The van der Waals surface area contributed by atoms with E-state index in [1.807, 2.05) is 6.92 Å². The molecule has 1 amide bonds. The molecule has 0 aromatic carbocycles. The molecule has 2 aliphatic heterocycles. The maximum atomic E-state index is 14.8. The molecule has 2 aliphatic rings. The molecule has 0 aromatic rings. The van der Waals surface area contributed by atoms with Gasteiger partial charge >= 0.3 is 0 Å². The first kappa shape index (κ1) is 24.1. The molecule has 2 heterocycles. The molecule has 0 saturated carbocycles. The van der Waals surface area contributed by atoms with Crippen LogP contribution >= 0.6 is 23.4 Å². The fourth-order valence-corrected chi connectivity index (χ4v) is 4.66. The van der Waals surface area contributed by atoms with E-state index in [9.17, 15) is 24.5 Å². The van der Waals surface area contributed by atoms with Crippen molar-refractivity contribution in [3.63, 3.8) is 0 Å². The molecular weight excluding hydrogens is 411 g/mol. The molecule has 0 spiro atoms. The summed E-state index contributed by atoms with van der Waals surface area (Å²) in [5, 5.41) is 35.5. The molecule has 5 N–H and O–H groups in total. The maximum absolute atomic E-state index is 14.8. The summed E-state index contributed by atoms with van der Waals surface area (Å²) in [4.78, 5) is 12.7. The third-order valence-corrected chi connectivity index (χ3v) is 6.65. The first-order chi connectivity index (χ1) is 13.1. The normalized spacial score (nSPS) is 40.9. The number of carbonyl (C=O) groups excluding carboxylic acids is 1. The van der Waals surface area contributed by atoms with E-state index >= 15 is 0 Å². The Hall–Kier alpha value is -0.160. The molecule has 1 unspecified atom stereocenters. The van der Waals surface area contributed by atoms with Crippen LogP contribution in [0.3, 0.4) is 0 Å². The van der Waals surface area contributed by atoms with Crippen LogP contribution in [0.25, 0.3) is 0 Å². The van der Waals surface area contributed by atoms with Crippen molar-refractivity contribution < 1.29 is 29.2 Å². The topological polar surface area (TPSA) is 111 Å². The highest BCUT2D eigenvalue weighted by Crippen LogP contribution is 2.32. The minimum Gasteiger partial charge on any atom is -0.388 e. The Kier molecular flexibility index (Phi) is 8.82. The number of nitrogens with one attached hydrogen (secondary N) is 2. The summed E-state index contributed by atoms with van der Waals surface area (Å²) >= 11 is 7.42. The summed E-state index contributed by atoms with van der Waals surface area (Å²) in [6.07, 6.45) is -1.30. The second-order valence-electron chi connectivity index (χ2n) is 7.78. The van der Waals surface area contributed by atoms with Crippen LogP contribution in [0.1, 0.15) is 39.5 Å². The van der Waals surface area contributed by atoms with E-state index in [0.29, 0.717) is 6.42 Å². The smallest absolute Gasteiger partial charge is 0.237 e. The fourth-order valence-electron chi connectivity index (χ4n) is 3.77. The second-order valence-corrected chi connectivity index (χ2v) is 9.40. The number of hydrogen-bond acceptors (Lipinski definition) is 7. The van der Waals surface area contributed by atoms with Gasteiger partial charge in [0.05, 0.1) is 17.5 Å². The average molecular weight is 443 g/mol. The van der Waals surface area contributed by atoms with E-state index in [0.717, 1.165) is 12.8 Å². The van der Waals surface area contributed by atoms with Crippen LogP contribution in [-0.4, -0.2) is 87.0 Å². The van der Waals surface area contributed by atoms with Gasteiger partial charge in [0.2, 0.25) is 5.91 Å². The Morgan fingerprint density at radius 1 is 1.39 bits per heavy atom. The Bertz CT molecular complexity index is 532. The summed E-state index contributed by atoms with van der Waals surface area (Å²) in [5.41, 5.74) is -2.18. The number of unbranched alkanes of at least 4 members (excludes halogenated alkanes) is 1. The first-order valence-corrected chi connectivity index (χ1v) is 11.4. The minimum atomic E-state index is -1.43. The molecule has 0 aliphatic carbocycles. The number of aliphatic hydroxyl groups excluding tert-OH is 3. The Labute approximate surface area is 174 Å². The van der Waals surface area contributed by atoms with Gasteiger partial charge in [0.15, 0.2) is 0 Å². The highest BCUT2D eigenvalue weighted by atomic mass is 35.5. The number of ether oxygens (including phenoxy) is 1. The Morgan fingerprint density at radius 2 is 2.07 bits per heavy atom. The summed E-state index contributed by atoms with van der Waals surface area (Å²) in [6, 6.07) is -1.53. The highest BCUT2D eigenvalue weighted by molar-refractivity contribution is 7.99. The van der Waals surface area contributed by atoms with Gasteiger partial charge in [-0.25, -0.2) is 4.39 Å². The van der Waals surface area contributed by atoms with Gasteiger partial charge in [0, 0.05) is 13.0 Å². The van der Waals surface area contributed by atoms with Crippen LogP contribution in [0, 0.1) is 0 Å². The van der Waals surface area contributed by atoms with Gasteiger partial charge in [-0.3, -0.25) is 4.79 Å². The number of amides is 1. The van der Waals surface area contributed by atoms with Crippen LogP contribution < -0.4 is 10.6 Å². The molecule has 2 rings (SSSR count). The fraction of sp³-hybridized carbons (Fsp3) is 0.944. The number of halogens is 2. The summed E-state index contributed by atoms with van der Waals surface area (Å²) in [6.45, 7) is 3.75. The zero-order chi connectivity index (χ0) is 21.1. The molecular formula is C18H32ClFN2O5S. The zero-order valence-corrected chi connectivity index (χ0v) is 18.0. The van der Waals surface area contributed by atoms with Crippen LogP contribution in [0.5, 0.6) is 0 Å². The molecule has 7 nitrogen and oxygen atoms in total. The molecule has 28 heavy (non-hydrogen) atoms. The van der Waals surface area contributed by atoms with Crippen molar-refractivity contribution in [1.82, 2.24) is 10.6 Å². The van der Waals surface area contributed by atoms with Crippen molar-refractivity contribution in [1.29, 1.82) is 0 Å². The zero-order valence-electron chi connectivity index (χ0n) is 16.5. The summed E-state index contributed by atoms with van der Waals surface area (Å²) < 4.78 is 20.5. The van der Waals surface area contributed by atoms with Crippen LogP contribution in [0.2, 0.25) is 0 Å². The molecule has 164 valence electrons. The number of hydrogen-bond donors (Lipinski definition) is 5. The average Bonchev–Trinajstić information content (AvgIpc) is 3.05. The Balaban J connectivity index is 2.05. The predicted octanol–water partition coefficient (Wildman–Crippen LogP) is 0.530. The molecule has 2 fully saturated rings. The van der Waals surface area contributed by atoms with E-state index in [2.05, 4.69) is 10.6 Å². The van der Waals surface area contributed by atoms with Crippen molar-refractivity contribution in [2.45, 2.75) is 92.5 Å². The van der Waals surface area contributed by atoms with E-state index in [1.54, 1.807) is 13.2 Å². The molecule has 9 atom stereocenters. The van der Waals surface area contributed by atoms with E-state index in [1.165, 1.54) is 11.8 Å². The van der Waals surface area contributed by atoms with Crippen molar-refractivity contribution >= 4 is 29.3 Å². The van der Waals surface area contributed by atoms with Crippen LogP contribution in [0.15, 0.2) is 0 Å². The van der Waals surface area contributed by atoms with Crippen LogP contribution in [-0.2, 0) is 9.53 Å². The highest BCUT2D eigenvalue weighted by Gasteiger charge is 2.49. The van der Waals surface area contributed by atoms with E-state index < -0.39 is 58.9 Å². The van der Waals surface area contributed by atoms with Gasteiger partial charge < -0.3 is 30.7 Å². The van der Waals surface area contributed by atoms with Crippen molar-refractivity contribution in [3.8, 4) is 0 Å². The maximum Gasteiger partial charge on any atom is 0.237 e. The molecule has 2 saturated heterocycles. The van der Waals surface area contributed by atoms with Gasteiger partial charge in [0.1, 0.15) is 35.5 Å². The van der Waals surface area contributed by atoms with E-state index in [-0.39, 0.29) is 13.0 Å². The Morgan fingerprint density at radius 3 is 2.64 bits per heavy atom. The van der Waals surface area contributed by atoms with Gasteiger partial charge in [0.25, 0.3) is 0 Å². The van der Waals surface area contributed by atoms with Gasteiger partial charge in [-0.05, 0) is 19.6 Å². The lowest BCUT2D eigenvalue weighted by molar-refractivity contribution is -0.205. The number of thioether (sulfide) groups is 1. The lowest BCUT2D eigenvalue weighted by Crippen LogP contribution is -2.65. The van der Waals surface area contributed by atoms with Gasteiger partial charge in [-0.2, -0.15) is 0 Å². The molecule has 10 heteroatoms. The molecule has 0 radical (unpaired) electrons. The number of rotatable bonds is 8. The van der Waals surface area contributed by atoms with Gasteiger partial charge in [-0.15, -0.1) is 23.4 Å². The second kappa shape index (κ2) is 10.2. The molecule has 0 aromatic heterocycles. The van der Waals surface area contributed by atoms with Crippen LogP contribution in [0.4, 0.5) is 4.39 Å². The number of alkyl halides is 2. The summed E-state index contributed by atoms with van der Waals surface area (Å²) in [7, 11) is 0. The number of aliphatic hydroxyl groups is 3. The predicted molar refractivity (Wildman–Crippen MR) is 107 cm³/mol. The van der Waals surface area contributed by atoms with Crippen molar-refractivity contribution in [2.24, 2.45) is 0 Å². The molecule has 0 bridgehead atoms. The quantitative estimate of drug-likeness (QED) is 0.349. The third-order valence-electron chi connectivity index (χ3n) is 5.53. The largest absolute Gasteiger partial charge is 0.388 e. The van der Waals surface area contributed by atoms with Gasteiger partial charge in [-0.1, -0.05) is 19.8 Å². The van der Waals surface area contributed by atoms with E-state index in [4.69, 9.17) is 16.3 Å². The summed E-state index contributed by atoms with van der Waals surface area (Å²) in [5.74, 6) is -0.425. The lowest BCUT2D eigenvalue weighted by Gasteiger charge is -2.44. The lowest BCUT2D eigenvalue weighted by atomic mass is 9.92. The standard InChI is InChI=1S/C18H32ClFN2O5S/c1-4-5-6-18(20)7-10(21-8-18)16(26)22-11(9(2)19)15-13(24)12(23)14(25)17(27-15)28-3/h9-15,17,21,23-25H,4-8H2,1-3H3,(H,22,26)/t9-,10-,11+,12-,13+,14+,15+,17+,18?/m0/s1. The first-order valence-electron chi connectivity index (χ1n) is 9.72. The minimum absolute atomic E-state index is 0.0745. The van der Waals surface area contributed by atoms with Crippen molar-refractivity contribution in [2.75, 3.05) is 12.8 Å². The number of carbonyl (C=O) groups is 1. The monoisotopic (exact) mass is 442 g/mol. The SMILES string of the molecule is CCCCC1(F)CN[C@H](C(=O)N[C@@H]([C@H]2O[C@H](SC)[C@H](O)[C@@H](O)[C@H]2O)[C@H](C)Cl)C1.